The molecule has 76 valence electrons. The Morgan fingerprint density at radius 2 is 2.33 bits per heavy atom. The Hall–Kier alpha value is -2.37. The minimum Gasteiger partial charge on any atom is -0.478 e. The van der Waals surface area contributed by atoms with Gasteiger partial charge < -0.3 is 10.8 Å². The molecular formula is C9H8N4O2. The van der Waals surface area contributed by atoms with Crippen LogP contribution in [0.25, 0.3) is 5.82 Å². The van der Waals surface area contributed by atoms with E-state index >= 15 is 0 Å². The lowest BCUT2D eigenvalue weighted by molar-refractivity contribution is 0.0698. The zero-order valence-corrected chi connectivity index (χ0v) is 7.66. The molecule has 3 N–H and O–H groups in total. The molecule has 2 heterocycles. The summed E-state index contributed by atoms with van der Waals surface area (Å²) in [5.41, 5.74) is 5.63. The van der Waals surface area contributed by atoms with E-state index in [-0.39, 0.29) is 11.3 Å². The first-order valence-corrected chi connectivity index (χ1v) is 4.17. The summed E-state index contributed by atoms with van der Waals surface area (Å²) in [5.74, 6) is -0.657. The van der Waals surface area contributed by atoms with Crippen molar-refractivity contribution in [3.63, 3.8) is 0 Å². The van der Waals surface area contributed by atoms with Crippen molar-refractivity contribution in [3.8, 4) is 5.82 Å². The Balaban J connectivity index is 2.52. The van der Waals surface area contributed by atoms with Gasteiger partial charge in [-0.25, -0.2) is 14.5 Å². The lowest BCUT2D eigenvalue weighted by atomic mass is 10.2. The summed E-state index contributed by atoms with van der Waals surface area (Å²) >= 11 is 0. The Morgan fingerprint density at radius 3 is 2.93 bits per heavy atom. The van der Waals surface area contributed by atoms with Crippen molar-refractivity contribution in [1.82, 2.24) is 14.8 Å². The lowest BCUT2D eigenvalue weighted by Crippen LogP contribution is -2.06. The second-order valence-electron chi connectivity index (χ2n) is 2.89. The molecule has 0 saturated heterocycles. The van der Waals surface area contributed by atoms with E-state index in [0.29, 0.717) is 5.82 Å². The molecule has 15 heavy (non-hydrogen) atoms. The molecule has 0 atom stereocenters. The van der Waals surface area contributed by atoms with Gasteiger partial charge in [-0.15, -0.1) is 0 Å². The van der Waals surface area contributed by atoms with E-state index in [1.807, 2.05) is 0 Å². The molecule has 0 bridgehead atoms. The summed E-state index contributed by atoms with van der Waals surface area (Å²) in [6.45, 7) is 0. The topological polar surface area (TPSA) is 94.0 Å². The highest BCUT2D eigenvalue weighted by Gasteiger charge is 2.10. The first-order valence-electron chi connectivity index (χ1n) is 4.17. The molecule has 2 aromatic rings. The van der Waals surface area contributed by atoms with Crippen molar-refractivity contribution in [2.45, 2.75) is 0 Å². The van der Waals surface area contributed by atoms with E-state index in [1.54, 1.807) is 18.5 Å². The van der Waals surface area contributed by atoms with Gasteiger partial charge in [0.25, 0.3) is 0 Å². The molecule has 0 aliphatic carbocycles. The van der Waals surface area contributed by atoms with Gasteiger partial charge in [-0.1, -0.05) is 0 Å². The number of aromatic carboxylic acids is 1. The van der Waals surface area contributed by atoms with Crippen LogP contribution in [-0.2, 0) is 0 Å². The molecule has 6 heteroatoms. The maximum atomic E-state index is 10.8. The van der Waals surface area contributed by atoms with Crippen molar-refractivity contribution in [1.29, 1.82) is 0 Å². The van der Waals surface area contributed by atoms with Crippen LogP contribution in [0.2, 0.25) is 0 Å². The van der Waals surface area contributed by atoms with Gasteiger partial charge in [0.1, 0.15) is 0 Å². The summed E-state index contributed by atoms with van der Waals surface area (Å²) in [5, 5.41) is 12.8. The number of nitrogen functional groups attached to an aromatic ring is 1. The van der Waals surface area contributed by atoms with Crippen LogP contribution in [-0.4, -0.2) is 25.8 Å². The lowest BCUT2D eigenvalue weighted by Gasteiger charge is -2.03. The summed E-state index contributed by atoms with van der Waals surface area (Å²) in [6, 6.07) is 3.10. The Kier molecular flexibility index (Phi) is 2.09. The molecule has 0 aliphatic rings. The van der Waals surface area contributed by atoms with Crippen LogP contribution < -0.4 is 5.73 Å². The number of pyridine rings is 1. The third-order valence-corrected chi connectivity index (χ3v) is 1.89. The van der Waals surface area contributed by atoms with Crippen molar-refractivity contribution in [2.24, 2.45) is 0 Å². The van der Waals surface area contributed by atoms with Crippen LogP contribution in [0, 0.1) is 0 Å². The zero-order chi connectivity index (χ0) is 10.8. The molecule has 0 saturated carbocycles. The quantitative estimate of drug-likeness (QED) is 0.744. The number of aromatic nitrogens is 3. The third kappa shape index (κ3) is 1.64. The molecule has 2 rings (SSSR count). The number of carboxylic acid groups (broad SMARTS) is 1. The number of carbonyl (C=O) groups is 1. The first-order chi connectivity index (χ1) is 7.18. The number of carboxylic acids is 1. The van der Waals surface area contributed by atoms with Gasteiger partial charge in [0.15, 0.2) is 5.82 Å². The second-order valence-corrected chi connectivity index (χ2v) is 2.89. The predicted octanol–water partition coefficient (Wildman–Crippen LogP) is 0.548. The van der Waals surface area contributed by atoms with Crippen LogP contribution in [0.3, 0.4) is 0 Å². The smallest absolute Gasteiger partial charge is 0.337 e. The monoisotopic (exact) mass is 204 g/mol. The van der Waals surface area contributed by atoms with E-state index in [2.05, 4.69) is 10.1 Å². The highest BCUT2D eigenvalue weighted by molar-refractivity contribution is 5.93. The normalized spacial score (nSPS) is 10.1. The number of anilines is 1. The Bertz CT molecular complexity index is 493. The molecule has 0 aromatic carbocycles. The fourth-order valence-electron chi connectivity index (χ4n) is 1.17. The molecule has 0 aliphatic heterocycles. The van der Waals surface area contributed by atoms with Crippen molar-refractivity contribution in [2.75, 3.05) is 5.73 Å². The Labute approximate surface area is 85.0 Å². The standard InChI is InChI=1S/C9H8N4O2/c10-7-5-11-8(4-6(7)9(14)15)13-3-1-2-12-13/h1-5H,10H2,(H,14,15). The third-order valence-electron chi connectivity index (χ3n) is 1.89. The van der Waals surface area contributed by atoms with Crippen LogP contribution in [0.5, 0.6) is 0 Å². The number of rotatable bonds is 2. The average molecular weight is 204 g/mol. The summed E-state index contributed by atoms with van der Waals surface area (Å²) in [4.78, 5) is 14.8. The van der Waals surface area contributed by atoms with Crippen LogP contribution in [0.1, 0.15) is 10.4 Å². The van der Waals surface area contributed by atoms with Gasteiger partial charge in [-0.2, -0.15) is 5.10 Å². The maximum Gasteiger partial charge on any atom is 0.337 e. The van der Waals surface area contributed by atoms with E-state index in [9.17, 15) is 4.79 Å². The van der Waals surface area contributed by atoms with Gasteiger partial charge in [0, 0.05) is 12.4 Å². The fourth-order valence-corrected chi connectivity index (χ4v) is 1.17. The number of nitrogens with two attached hydrogens (primary N) is 1. The van der Waals surface area contributed by atoms with Crippen molar-refractivity contribution in [3.05, 3.63) is 36.3 Å². The summed E-state index contributed by atoms with van der Waals surface area (Å²) in [7, 11) is 0. The number of hydrogen-bond acceptors (Lipinski definition) is 4. The largest absolute Gasteiger partial charge is 0.478 e. The molecule has 2 aromatic heterocycles. The van der Waals surface area contributed by atoms with E-state index in [0.717, 1.165) is 0 Å². The van der Waals surface area contributed by atoms with Gasteiger partial charge in [0.05, 0.1) is 17.4 Å². The van der Waals surface area contributed by atoms with Crippen LogP contribution in [0.4, 0.5) is 5.69 Å². The molecule has 0 amide bonds. The molecule has 0 radical (unpaired) electrons. The Morgan fingerprint density at radius 1 is 1.53 bits per heavy atom. The molecule has 0 unspecified atom stereocenters. The van der Waals surface area contributed by atoms with E-state index in [4.69, 9.17) is 10.8 Å². The molecule has 0 fully saturated rings. The number of hydrogen-bond donors (Lipinski definition) is 2. The first kappa shape index (κ1) is 9.20. The maximum absolute atomic E-state index is 10.8. The van der Waals surface area contributed by atoms with E-state index < -0.39 is 5.97 Å². The van der Waals surface area contributed by atoms with Crippen LogP contribution >= 0.6 is 0 Å². The predicted molar refractivity (Wildman–Crippen MR) is 52.7 cm³/mol. The molecule has 6 nitrogen and oxygen atoms in total. The average Bonchev–Trinajstić information content (AvgIpc) is 2.71. The van der Waals surface area contributed by atoms with Crippen molar-refractivity contribution >= 4 is 11.7 Å². The SMILES string of the molecule is Nc1cnc(-n2cccn2)cc1C(=O)O. The second kappa shape index (κ2) is 3.41. The van der Waals surface area contributed by atoms with Gasteiger partial charge in [0.2, 0.25) is 0 Å². The highest BCUT2D eigenvalue weighted by Crippen LogP contribution is 2.13. The highest BCUT2D eigenvalue weighted by atomic mass is 16.4. The van der Waals surface area contributed by atoms with Gasteiger partial charge in [-0.3, -0.25) is 0 Å². The van der Waals surface area contributed by atoms with Gasteiger partial charge in [-0.05, 0) is 12.1 Å². The van der Waals surface area contributed by atoms with E-state index in [1.165, 1.54) is 16.9 Å². The molecular weight excluding hydrogens is 196 g/mol. The minimum absolute atomic E-state index is 0.0236. The van der Waals surface area contributed by atoms with Gasteiger partial charge >= 0.3 is 5.97 Å². The van der Waals surface area contributed by atoms with Crippen molar-refractivity contribution < 1.29 is 9.90 Å². The van der Waals surface area contributed by atoms with Crippen LogP contribution in [0.15, 0.2) is 30.7 Å². The zero-order valence-electron chi connectivity index (χ0n) is 7.66. The minimum atomic E-state index is -1.08. The summed E-state index contributed by atoms with van der Waals surface area (Å²) in [6.07, 6.45) is 4.56. The number of nitrogens with zero attached hydrogens (tertiary/aromatic N) is 3. The summed E-state index contributed by atoms with van der Waals surface area (Å²) < 4.78 is 1.46. The molecule has 0 spiro atoms. The fraction of sp³-hybridized carbons (Fsp3) is 0.